The lowest BCUT2D eigenvalue weighted by molar-refractivity contribution is 0.355. The summed E-state index contributed by atoms with van der Waals surface area (Å²) in [4.78, 5) is 0. The molecule has 0 bridgehead atoms. The van der Waals surface area contributed by atoms with Gasteiger partial charge in [0.2, 0.25) is 0 Å². The number of anilines is 1. The van der Waals surface area contributed by atoms with E-state index >= 15 is 0 Å². The molecule has 5 heteroatoms. The molecule has 0 aliphatic heterocycles. The maximum atomic E-state index is 6.18. The van der Waals surface area contributed by atoms with Crippen molar-refractivity contribution in [1.82, 2.24) is 0 Å². The van der Waals surface area contributed by atoms with E-state index in [0.29, 0.717) is 23.1 Å². The summed E-state index contributed by atoms with van der Waals surface area (Å²) >= 11 is 9.69. The summed E-state index contributed by atoms with van der Waals surface area (Å²) in [5.74, 6) is 1.18. The zero-order valence-corrected chi connectivity index (χ0v) is 13.6. The Labute approximate surface area is 132 Å². The van der Waals surface area contributed by atoms with Gasteiger partial charge in [-0.1, -0.05) is 23.7 Å². The third kappa shape index (κ3) is 3.38. The van der Waals surface area contributed by atoms with Crippen LogP contribution in [-0.4, -0.2) is 14.2 Å². The van der Waals surface area contributed by atoms with Crippen LogP contribution in [0.1, 0.15) is 5.56 Å². The van der Waals surface area contributed by atoms with Crippen molar-refractivity contribution in [3.05, 3.63) is 51.5 Å². The van der Waals surface area contributed by atoms with Gasteiger partial charge in [0.25, 0.3) is 0 Å². The molecule has 0 aliphatic rings. The Bertz CT molecular complexity index is 604. The largest absolute Gasteiger partial charge is 0.493 e. The lowest BCUT2D eigenvalue weighted by Gasteiger charge is -2.13. The van der Waals surface area contributed by atoms with Crippen LogP contribution in [-0.2, 0) is 6.54 Å². The average Bonchev–Trinajstić information content (AvgIpc) is 2.45. The number of hydrogen-bond donors (Lipinski definition) is 1. The van der Waals surface area contributed by atoms with Gasteiger partial charge in [-0.15, -0.1) is 0 Å². The number of rotatable bonds is 5. The van der Waals surface area contributed by atoms with Gasteiger partial charge in [-0.25, -0.2) is 0 Å². The van der Waals surface area contributed by atoms with Gasteiger partial charge in [-0.05, 0) is 45.8 Å². The highest BCUT2D eigenvalue weighted by Crippen LogP contribution is 2.36. The molecule has 0 aliphatic carbocycles. The molecule has 3 nitrogen and oxygen atoms in total. The van der Waals surface area contributed by atoms with E-state index in [2.05, 4.69) is 21.2 Å². The predicted molar refractivity (Wildman–Crippen MR) is 86.0 cm³/mol. The van der Waals surface area contributed by atoms with E-state index < -0.39 is 0 Å². The predicted octanol–water partition coefficient (Wildman–Crippen LogP) is 4.73. The maximum Gasteiger partial charge on any atom is 0.179 e. The number of nitrogens with one attached hydrogen (secondary N) is 1. The van der Waals surface area contributed by atoms with E-state index in [1.807, 2.05) is 36.4 Å². The number of benzene rings is 2. The molecule has 106 valence electrons. The van der Waals surface area contributed by atoms with Crippen LogP contribution in [0, 0.1) is 0 Å². The Hall–Kier alpha value is -1.39. The van der Waals surface area contributed by atoms with Gasteiger partial charge < -0.3 is 14.8 Å². The first-order valence-corrected chi connectivity index (χ1v) is 7.21. The second-order valence-corrected chi connectivity index (χ2v) is 5.41. The van der Waals surface area contributed by atoms with Gasteiger partial charge in [0, 0.05) is 16.7 Å². The molecule has 0 spiro atoms. The number of hydrogen-bond acceptors (Lipinski definition) is 3. The van der Waals surface area contributed by atoms with Crippen molar-refractivity contribution in [2.75, 3.05) is 19.5 Å². The highest BCUT2D eigenvalue weighted by Gasteiger charge is 2.10. The lowest BCUT2D eigenvalue weighted by atomic mass is 10.2. The van der Waals surface area contributed by atoms with Crippen molar-refractivity contribution in [2.24, 2.45) is 0 Å². The fourth-order valence-corrected chi connectivity index (χ4v) is 2.61. The SMILES string of the molecule is COc1cc(CNc2ccccc2Br)cc(Cl)c1OC. The average molecular weight is 357 g/mol. The van der Waals surface area contributed by atoms with Crippen LogP contribution in [0.4, 0.5) is 5.69 Å². The molecule has 20 heavy (non-hydrogen) atoms. The molecule has 0 atom stereocenters. The van der Waals surface area contributed by atoms with Crippen LogP contribution in [0.25, 0.3) is 0 Å². The summed E-state index contributed by atoms with van der Waals surface area (Å²) in [6.07, 6.45) is 0. The molecule has 0 saturated heterocycles. The molecule has 1 N–H and O–H groups in total. The molecule has 0 saturated carbocycles. The summed E-state index contributed by atoms with van der Waals surface area (Å²) in [6.45, 7) is 0.642. The van der Waals surface area contributed by atoms with E-state index in [1.165, 1.54) is 0 Å². The Morgan fingerprint density at radius 1 is 1.15 bits per heavy atom. The minimum absolute atomic E-state index is 0.538. The standard InChI is InChI=1S/C15H15BrClNO2/c1-19-14-8-10(7-12(17)15(14)20-2)9-18-13-6-4-3-5-11(13)16/h3-8,18H,9H2,1-2H3. The molecular formula is C15H15BrClNO2. The second-order valence-electron chi connectivity index (χ2n) is 4.15. The Morgan fingerprint density at radius 3 is 2.55 bits per heavy atom. The number of methoxy groups -OCH3 is 2. The van der Waals surface area contributed by atoms with Gasteiger partial charge >= 0.3 is 0 Å². The molecule has 0 heterocycles. The molecule has 0 amide bonds. The second kappa shape index (κ2) is 6.86. The summed E-state index contributed by atoms with van der Waals surface area (Å²) in [5.41, 5.74) is 2.04. The van der Waals surface area contributed by atoms with E-state index in [4.69, 9.17) is 21.1 Å². The van der Waals surface area contributed by atoms with Crippen molar-refractivity contribution in [3.63, 3.8) is 0 Å². The van der Waals surface area contributed by atoms with Crippen LogP contribution in [0.3, 0.4) is 0 Å². The summed E-state index contributed by atoms with van der Waals surface area (Å²) in [5, 5.41) is 3.88. The molecule has 0 unspecified atom stereocenters. The zero-order valence-electron chi connectivity index (χ0n) is 11.2. The van der Waals surface area contributed by atoms with E-state index in [1.54, 1.807) is 14.2 Å². The maximum absolute atomic E-state index is 6.18. The van der Waals surface area contributed by atoms with Gasteiger partial charge in [0.05, 0.1) is 19.2 Å². The van der Waals surface area contributed by atoms with E-state index in [-0.39, 0.29) is 0 Å². The third-order valence-electron chi connectivity index (χ3n) is 2.85. The molecule has 2 rings (SSSR count). The first-order valence-electron chi connectivity index (χ1n) is 6.04. The molecule has 0 radical (unpaired) electrons. The molecule has 2 aromatic carbocycles. The first-order chi connectivity index (χ1) is 9.65. The number of halogens is 2. The van der Waals surface area contributed by atoms with Gasteiger partial charge in [0.15, 0.2) is 11.5 Å². The van der Waals surface area contributed by atoms with Crippen molar-refractivity contribution in [1.29, 1.82) is 0 Å². The quantitative estimate of drug-likeness (QED) is 0.840. The van der Waals surface area contributed by atoms with Crippen LogP contribution in [0.2, 0.25) is 5.02 Å². The Balaban J connectivity index is 2.18. The normalized spacial score (nSPS) is 10.2. The molecule has 0 aromatic heterocycles. The monoisotopic (exact) mass is 355 g/mol. The first kappa shape index (κ1) is 15.0. The van der Waals surface area contributed by atoms with E-state index in [0.717, 1.165) is 15.7 Å². The fraction of sp³-hybridized carbons (Fsp3) is 0.200. The van der Waals surface area contributed by atoms with Gasteiger partial charge in [0.1, 0.15) is 0 Å². The van der Waals surface area contributed by atoms with Crippen LogP contribution in [0.5, 0.6) is 11.5 Å². The van der Waals surface area contributed by atoms with Crippen molar-refractivity contribution < 1.29 is 9.47 Å². The highest BCUT2D eigenvalue weighted by molar-refractivity contribution is 9.10. The van der Waals surface area contributed by atoms with Crippen molar-refractivity contribution >= 4 is 33.2 Å². The van der Waals surface area contributed by atoms with Crippen LogP contribution >= 0.6 is 27.5 Å². The summed E-state index contributed by atoms with van der Waals surface area (Å²) < 4.78 is 11.5. The van der Waals surface area contributed by atoms with Gasteiger partial charge in [-0.3, -0.25) is 0 Å². The van der Waals surface area contributed by atoms with E-state index in [9.17, 15) is 0 Å². The molecule has 2 aromatic rings. The highest BCUT2D eigenvalue weighted by atomic mass is 79.9. The molecular weight excluding hydrogens is 342 g/mol. The molecule has 0 fully saturated rings. The number of para-hydroxylation sites is 1. The van der Waals surface area contributed by atoms with Crippen molar-refractivity contribution in [2.45, 2.75) is 6.54 Å². The van der Waals surface area contributed by atoms with Gasteiger partial charge in [-0.2, -0.15) is 0 Å². The number of ether oxygens (including phenoxy) is 2. The topological polar surface area (TPSA) is 30.5 Å². The Morgan fingerprint density at radius 2 is 1.90 bits per heavy atom. The fourth-order valence-electron chi connectivity index (χ4n) is 1.88. The van der Waals surface area contributed by atoms with Crippen molar-refractivity contribution in [3.8, 4) is 11.5 Å². The summed E-state index contributed by atoms with van der Waals surface area (Å²) in [6, 6.07) is 11.7. The summed E-state index contributed by atoms with van der Waals surface area (Å²) in [7, 11) is 3.17. The minimum atomic E-state index is 0.538. The lowest BCUT2D eigenvalue weighted by Crippen LogP contribution is -2.01. The van der Waals surface area contributed by atoms with Crippen LogP contribution < -0.4 is 14.8 Å². The minimum Gasteiger partial charge on any atom is -0.493 e. The zero-order chi connectivity index (χ0) is 14.5. The Kier molecular flexibility index (Phi) is 5.15. The van der Waals surface area contributed by atoms with Crippen LogP contribution in [0.15, 0.2) is 40.9 Å². The smallest absolute Gasteiger partial charge is 0.179 e. The third-order valence-corrected chi connectivity index (χ3v) is 3.82.